The summed E-state index contributed by atoms with van der Waals surface area (Å²) in [6, 6.07) is 4.75. The van der Waals surface area contributed by atoms with Crippen molar-refractivity contribution in [3.63, 3.8) is 0 Å². The van der Waals surface area contributed by atoms with Crippen molar-refractivity contribution in [3.05, 3.63) is 22.4 Å². The number of likely N-dealkylation sites (tertiary alicyclic amines) is 1. The summed E-state index contributed by atoms with van der Waals surface area (Å²) >= 11 is 1.75. The van der Waals surface area contributed by atoms with Crippen molar-refractivity contribution < 1.29 is 4.74 Å². The zero-order valence-electron chi connectivity index (χ0n) is 14.4. The number of hydrogen-bond donors (Lipinski definition) is 2. The van der Waals surface area contributed by atoms with Gasteiger partial charge in [-0.3, -0.25) is 4.90 Å². The number of rotatable bonds is 9. The van der Waals surface area contributed by atoms with Gasteiger partial charge in [-0.25, -0.2) is 4.99 Å². The van der Waals surface area contributed by atoms with Crippen LogP contribution in [0, 0.1) is 0 Å². The van der Waals surface area contributed by atoms with Crippen LogP contribution in [0.3, 0.4) is 0 Å². The van der Waals surface area contributed by atoms with Gasteiger partial charge < -0.3 is 15.4 Å². The van der Waals surface area contributed by atoms with Gasteiger partial charge in [-0.05, 0) is 50.7 Å². The largest absolute Gasteiger partial charge is 0.385 e. The van der Waals surface area contributed by atoms with Crippen molar-refractivity contribution >= 4 is 17.3 Å². The van der Waals surface area contributed by atoms with E-state index in [2.05, 4.69) is 40.0 Å². The lowest BCUT2D eigenvalue weighted by molar-refractivity contribution is 0.195. The van der Waals surface area contributed by atoms with Crippen LogP contribution in [-0.4, -0.2) is 56.8 Å². The summed E-state index contributed by atoms with van der Waals surface area (Å²) < 4.78 is 5.10. The van der Waals surface area contributed by atoms with Gasteiger partial charge in [-0.15, -0.1) is 11.3 Å². The third-order valence-corrected chi connectivity index (χ3v) is 4.98. The molecule has 0 aliphatic carbocycles. The highest BCUT2D eigenvalue weighted by Crippen LogP contribution is 2.11. The van der Waals surface area contributed by atoms with Crippen molar-refractivity contribution in [3.8, 4) is 0 Å². The molecule has 1 saturated heterocycles. The normalized spacial score (nSPS) is 17.4. The summed E-state index contributed by atoms with van der Waals surface area (Å²) in [6.45, 7) is 8.06. The van der Waals surface area contributed by atoms with Crippen molar-refractivity contribution in [2.24, 2.45) is 4.99 Å². The van der Waals surface area contributed by atoms with Gasteiger partial charge in [0.1, 0.15) is 0 Å². The van der Waals surface area contributed by atoms with E-state index >= 15 is 0 Å². The van der Waals surface area contributed by atoms with Crippen LogP contribution in [0.25, 0.3) is 0 Å². The predicted octanol–water partition coefficient (Wildman–Crippen LogP) is 2.30. The van der Waals surface area contributed by atoms with Crippen molar-refractivity contribution in [2.75, 3.05) is 39.9 Å². The van der Waals surface area contributed by atoms with Gasteiger partial charge in [0.2, 0.25) is 0 Å². The molecule has 0 amide bonds. The maximum atomic E-state index is 5.10. The van der Waals surface area contributed by atoms with Gasteiger partial charge in [0.05, 0.1) is 6.54 Å². The van der Waals surface area contributed by atoms with Crippen LogP contribution in [0.4, 0.5) is 0 Å². The zero-order chi connectivity index (χ0) is 16.3. The number of thiophene rings is 1. The summed E-state index contributed by atoms with van der Waals surface area (Å²) in [7, 11) is 1.74. The molecule has 1 aliphatic heterocycles. The molecule has 1 fully saturated rings. The standard InChI is InChI=1S/C17H30N4OS/c1-15(21-9-3-4-10-21)13-19-17(18-8-6-11-22-2)20-14-16-7-5-12-23-16/h5,7,12,15H,3-4,6,8-11,13-14H2,1-2H3,(H2,18,19,20)/t15-/m0/s1. The lowest BCUT2D eigenvalue weighted by Gasteiger charge is -2.25. The lowest BCUT2D eigenvalue weighted by Crippen LogP contribution is -2.45. The molecule has 0 aromatic carbocycles. The maximum absolute atomic E-state index is 5.10. The SMILES string of the molecule is COCCCNC(=NCc1cccs1)NC[C@H](C)N1CCCC1. The number of aliphatic imine (C=N–C) groups is 1. The zero-order valence-corrected chi connectivity index (χ0v) is 15.2. The van der Waals surface area contributed by atoms with Crippen LogP contribution >= 0.6 is 11.3 Å². The van der Waals surface area contributed by atoms with Crippen LogP contribution in [-0.2, 0) is 11.3 Å². The molecule has 1 atom stereocenters. The Morgan fingerprint density at radius 3 is 2.91 bits per heavy atom. The Kier molecular flexibility index (Phi) is 8.42. The Balaban J connectivity index is 1.80. The van der Waals surface area contributed by atoms with E-state index in [1.165, 1.54) is 30.8 Å². The summed E-state index contributed by atoms with van der Waals surface area (Å²) in [6.07, 6.45) is 3.65. The molecule has 1 aromatic rings. The second-order valence-corrected chi connectivity index (χ2v) is 7.02. The second-order valence-electron chi connectivity index (χ2n) is 5.99. The average Bonchev–Trinajstić information content (AvgIpc) is 3.26. The fraction of sp³-hybridized carbons (Fsp3) is 0.706. The highest BCUT2D eigenvalue weighted by molar-refractivity contribution is 7.09. The van der Waals surface area contributed by atoms with Gasteiger partial charge in [-0.2, -0.15) is 0 Å². The Labute approximate surface area is 144 Å². The molecule has 2 rings (SSSR count). The summed E-state index contributed by atoms with van der Waals surface area (Å²) in [5.74, 6) is 0.903. The molecule has 2 heterocycles. The topological polar surface area (TPSA) is 48.9 Å². The molecule has 1 aromatic heterocycles. The molecule has 23 heavy (non-hydrogen) atoms. The van der Waals surface area contributed by atoms with Gasteiger partial charge >= 0.3 is 0 Å². The fourth-order valence-corrected chi connectivity index (χ4v) is 3.34. The van der Waals surface area contributed by atoms with E-state index in [4.69, 9.17) is 9.73 Å². The Bertz CT molecular complexity index is 443. The molecule has 1 aliphatic rings. The van der Waals surface area contributed by atoms with Crippen LogP contribution in [0.15, 0.2) is 22.5 Å². The summed E-state index contributed by atoms with van der Waals surface area (Å²) in [5.41, 5.74) is 0. The summed E-state index contributed by atoms with van der Waals surface area (Å²) in [4.78, 5) is 8.55. The average molecular weight is 339 g/mol. The number of ether oxygens (including phenoxy) is 1. The molecule has 0 unspecified atom stereocenters. The van der Waals surface area contributed by atoms with Crippen LogP contribution in [0.2, 0.25) is 0 Å². The number of guanidine groups is 1. The number of nitrogens with one attached hydrogen (secondary N) is 2. The van der Waals surface area contributed by atoms with Crippen LogP contribution < -0.4 is 10.6 Å². The van der Waals surface area contributed by atoms with E-state index in [-0.39, 0.29) is 0 Å². The first-order valence-corrected chi connectivity index (χ1v) is 9.45. The van der Waals surface area contributed by atoms with E-state index in [1.807, 2.05) is 0 Å². The quantitative estimate of drug-likeness (QED) is 0.412. The molecule has 6 heteroatoms. The Hall–Kier alpha value is -1.11. The minimum absolute atomic E-state index is 0.546. The highest BCUT2D eigenvalue weighted by Gasteiger charge is 2.17. The first kappa shape index (κ1) is 18.2. The minimum Gasteiger partial charge on any atom is -0.385 e. The Morgan fingerprint density at radius 1 is 1.39 bits per heavy atom. The van der Waals surface area contributed by atoms with E-state index in [0.717, 1.165) is 38.6 Å². The van der Waals surface area contributed by atoms with E-state index in [1.54, 1.807) is 18.4 Å². The molecule has 130 valence electrons. The number of nitrogens with zero attached hydrogens (tertiary/aromatic N) is 2. The molecule has 0 radical (unpaired) electrons. The highest BCUT2D eigenvalue weighted by atomic mass is 32.1. The number of methoxy groups -OCH3 is 1. The molecule has 0 spiro atoms. The third kappa shape index (κ3) is 6.89. The third-order valence-electron chi connectivity index (χ3n) is 4.12. The van der Waals surface area contributed by atoms with Crippen LogP contribution in [0.1, 0.15) is 31.1 Å². The van der Waals surface area contributed by atoms with E-state index < -0.39 is 0 Å². The lowest BCUT2D eigenvalue weighted by atomic mass is 10.3. The molecule has 2 N–H and O–H groups in total. The van der Waals surface area contributed by atoms with Crippen LogP contribution in [0.5, 0.6) is 0 Å². The minimum atomic E-state index is 0.546. The smallest absolute Gasteiger partial charge is 0.191 e. The summed E-state index contributed by atoms with van der Waals surface area (Å²) in [5, 5.41) is 9.00. The number of hydrogen-bond acceptors (Lipinski definition) is 4. The van der Waals surface area contributed by atoms with E-state index in [9.17, 15) is 0 Å². The van der Waals surface area contributed by atoms with Crippen molar-refractivity contribution in [1.29, 1.82) is 0 Å². The molecular weight excluding hydrogens is 308 g/mol. The van der Waals surface area contributed by atoms with Gasteiger partial charge in [0, 0.05) is 37.7 Å². The van der Waals surface area contributed by atoms with E-state index in [0.29, 0.717) is 6.04 Å². The van der Waals surface area contributed by atoms with Crippen molar-refractivity contribution in [1.82, 2.24) is 15.5 Å². The van der Waals surface area contributed by atoms with Gasteiger partial charge in [0.15, 0.2) is 5.96 Å². The molecular formula is C17H30N4OS. The molecule has 5 nitrogen and oxygen atoms in total. The molecule has 0 bridgehead atoms. The first-order valence-electron chi connectivity index (χ1n) is 8.57. The monoisotopic (exact) mass is 338 g/mol. The second kappa shape index (κ2) is 10.6. The fourth-order valence-electron chi connectivity index (χ4n) is 2.71. The maximum Gasteiger partial charge on any atom is 0.191 e. The van der Waals surface area contributed by atoms with Gasteiger partial charge in [-0.1, -0.05) is 6.07 Å². The van der Waals surface area contributed by atoms with Crippen molar-refractivity contribution in [2.45, 2.75) is 38.8 Å². The Morgan fingerprint density at radius 2 is 2.22 bits per heavy atom. The molecule has 0 saturated carbocycles. The van der Waals surface area contributed by atoms with Gasteiger partial charge in [0.25, 0.3) is 0 Å². The predicted molar refractivity (Wildman–Crippen MR) is 98.2 cm³/mol. The first-order chi connectivity index (χ1) is 11.3.